The molecule has 0 amide bonds. The third-order valence-electron chi connectivity index (χ3n) is 3.17. The predicted molar refractivity (Wildman–Crippen MR) is 89.4 cm³/mol. The van der Waals surface area contributed by atoms with Gasteiger partial charge in [-0.3, -0.25) is 10.1 Å². The van der Waals surface area contributed by atoms with Gasteiger partial charge < -0.3 is 0 Å². The fraction of sp³-hybridized carbons (Fsp3) is 0. The molecule has 1 aromatic heterocycles. The van der Waals surface area contributed by atoms with Crippen LogP contribution in [0, 0.1) is 15.0 Å². The maximum atomic E-state index is 12.2. The third kappa shape index (κ3) is 2.83. The number of non-ortho nitro benzene ring substituents is 1. The van der Waals surface area contributed by atoms with Gasteiger partial charge in [-0.15, -0.1) is 0 Å². The Kier molecular flexibility index (Phi) is 4.09. The Morgan fingerprint density at radius 3 is 2.43 bits per heavy atom. The van der Waals surface area contributed by atoms with Crippen molar-refractivity contribution in [2.75, 3.05) is 0 Å². The number of nitro groups is 1. The maximum absolute atomic E-state index is 12.2. The highest BCUT2D eigenvalue weighted by atomic mass is 79.9. The summed E-state index contributed by atoms with van der Waals surface area (Å²) in [7, 11) is 0. The summed E-state index contributed by atoms with van der Waals surface area (Å²) in [5, 5.41) is 11.9. The molecular weight excluding hydrogens is 411 g/mol. The molecule has 0 saturated heterocycles. The zero-order valence-corrected chi connectivity index (χ0v) is 14.2. The number of rotatable bonds is 2. The first kappa shape index (κ1) is 15.9. The lowest BCUT2D eigenvalue weighted by Crippen LogP contribution is -2.17. The van der Waals surface area contributed by atoms with Gasteiger partial charge in [-0.25, -0.2) is 0 Å². The minimum absolute atomic E-state index is 0.0630. The van der Waals surface area contributed by atoms with Crippen molar-refractivity contribution < 1.29 is 14.0 Å². The molecule has 0 aliphatic carbocycles. The minimum atomic E-state index is -0.576. The summed E-state index contributed by atoms with van der Waals surface area (Å²) in [6, 6.07) is 8.85. The van der Waals surface area contributed by atoms with Crippen LogP contribution in [-0.2, 0) is 0 Å². The number of hydrogen-bond donors (Lipinski definition) is 0. The van der Waals surface area contributed by atoms with Crippen molar-refractivity contribution in [1.82, 2.24) is 0 Å². The number of benzene rings is 2. The summed E-state index contributed by atoms with van der Waals surface area (Å²) < 4.78 is 5.78. The van der Waals surface area contributed by atoms with Gasteiger partial charge in [0.25, 0.3) is 10.3 Å². The molecule has 0 atom stereocenters. The minimum Gasteiger partial charge on any atom is -0.258 e. The SMILES string of the molecule is O=[N+]([O-])c1cc(Br)c2cc(-c3c(Cl)cccc3Cl)[n+](=O)oc2c1. The molecule has 116 valence electrons. The van der Waals surface area contributed by atoms with Crippen molar-refractivity contribution in [2.45, 2.75) is 0 Å². The smallest absolute Gasteiger partial charge is 0.258 e. The number of nitrogens with zero attached hydrogens (tertiary/aromatic N) is 2. The van der Waals surface area contributed by atoms with Crippen LogP contribution in [0.2, 0.25) is 10.0 Å². The largest absolute Gasteiger partial charge is 0.328 e. The summed E-state index contributed by atoms with van der Waals surface area (Å²) in [5.41, 5.74) is 0.286. The second-order valence-corrected chi connectivity index (χ2v) is 6.24. The zero-order valence-electron chi connectivity index (χ0n) is 11.1. The Morgan fingerprint density at radius 2 is 1.83 bits per heavy atom. The van der Waals surface area contributed by atoms with Crippen molar-refractivity contribution in [3.8, 4) is 11.3 Å². The molecule has 0 radical (unpaired) electrons. The molecule has 0 saturated carbocycles. The summed E-state index contributed by atoms with van der Waals surface area (Å²) >= 11 is 15.5. The topological polar surface area (TPSA) is 79.3 Å². The summed E-state index contributed by atoms with van der Waals surface area (Å²) in [6.07, 6.45) is 0. The molecule has 9 heteroatoms. The van der Waals surface area contributed by atoms with Gasteiger partial charge in [0.1, 0.15) is 0 Å². The number of nitro benzene ring substituents is 1. The van der Waals surface area contributed by atoms with Crippen LogP contribution >= 0.6 is 39.1 Å². The zero-order chi connectivity index (χ0) is 16.7. The van der Waals surface area contributed by atoms with Crippen molar-refractivity contribution in [3.63, 3.8) is 0 Å². The van der Waals surface area contributed by atoms with E-state index in [9.17, 15) is 15.0 Å². The number of halogens is 3. The van der Waals surface area contributed by atoms with E-state index in [1.54, 1.807) is 18.2 Å². The Hall–Kier alpha value is -1.96. The molecule has 3 rings (SSSR count). The maximum Gasteiger partial charge on any atom is 0.328 e. The lowest BCUT2D eigenvalue weighted by Gasteiger charge is -2.01. The van der Waals surface area contributed by atoms with Crippen molar-refractivity contribution in [2.24, 2.45) is 0 Å². The summed E-state index contributed by atoms with van der Waals surface area (Å²) in [6.45, 7) is 0. The fourth-order valence-electron chi connectivity index (χ4n) is 2.13. The van der Waals surface area contributed by atoms with E-state index in [1.807, 2.05) is 0 Å². The second-order valence-electron chi connectivity index (χ2n) is 4.57. The Bertz CT molecular complexity index is 999. The molecule has 0 N–H and O–H groups in total. The van der Waals surface area contributed by atoms with E-state index >= 15 is 0 Å². The highest BCUT2D eigenvalue weighted by molar-refractivity contribution is 9.10. The van der Waals surface area contributed by atoms with E-state index in [0.29, 0.717) is 15.4 Å². The fourth-order valence-corrected chi connectivity index (χ4v) is 3.27. The highest BCUT2D eigenvalue weighted by Crippen LogP contribution is 2.35. The molecule has 2 aromatic carbocycles. The normalized spacial score (nSPS) is 10.9. The van der Waals surface area contributed by atoms with Crippen LogP contribution < -0.4 is 4.60 Å². The lowest BCUT2D eigenvalue weighted by atomic mass is 10.1. The molecule has 0 spiro atoms. The quantitative estimate of drug-likeness (QED) is 0.435. The van der Waals surface area contributed by atoms with Gasteiger partial charge in [0.05, 0.1) is 31.5 Å². The number of fused-ring (bicyclic) bond motifs is 1. The molecular formula is C14H6BrCl2N2O4+. The van der Waals surface area contributed by atoms with Crippen molar-refractivity contribution in [3.05, 3.63) is 65.9 Å². The Labute approximate surface area is 147 Å². The van der Waals surface area contributed by atoms with Gasteiger partial charge >= 0.3 is 5.69 Å². The second kappa shape index (κ2) is 5.92. The van der Waals surface area contributed by atoms with Crippen LogP contribution in [-0.4, -0.2) is 4.92 Å². The van der Waals surface area contributed by atoms with E-state index in [1.165, 1.54) is 18.2 Å². The highest BCUT2D eigenvalue weighted by Gasteiger charge is 2.24. The standard InChI is InChI=1S/C14H6BrCl2N2O4/c15-9-4-7(18(20)21)5-13-8(9)6-12(19(22)23-13)14-10(16)2-1-3-11(14)17/h1-6H/q+1. The Morgan fingerprint density at radius 1 is 1.17 bits per heavy atom. The van der Waals surface area contributed by atoms with Gasteiger partial charge in [0, 0.05) is 22.0 Å². The molecule has 23 heavy (non-hydrogen) atoms. The third-order valence-corrected chi connectivity index (χ3v) is 4.45. The predicted octanol–water partition coefficient (Wildman–Crippen LogP) is 4.99. The van der Waals surface area contributed by atoms with Gasteiger partial charge in [0.15, 0.2) is 0 Å². The van der Waals surface area contributed by atoms with Crippen LogP contribution in [0.5, 0.6) is 0 Å². The van der Waals surface area contributed by atoms with Crippen molar-refractivity contribution in [1.29, 1.82) is 0 Å². The monoisotopic (exact) mass is 415 g/mol. The van der Waals surface area contributed by atoms with E-state index in [-0.39, 0.29) is 31.6 Å². The number of aromatic nitrogens is 1. The molecule has 0 bridgehead atoms. The van der Waals surface area contributed by atoms with E-state index < -0.39 is 4.92 Å². The molecule has 3 aromatic rings. The molecule has 1 heterocycles. The van der Waals surface area contributed by atoms with Crippen LogP contribution in [0.25, 0.3) is 22.2 Å². The lowest BCUT2D eigenvalue weighted by molar-refractivity contribution is -0.692. The van der Waals surface area contributed by atoms with E-state index in [0.717, 1.165) is 0 Å². The molecule has 0 fully saturated rings. The first-order valence-corrected chi connectivity index (χ1v) is 7.72. The van der Waals surface area contributed by atoms with Crippen LogP contribution in [0.3, 0.4) is 0 Å². The van der Waals surface area contributed by atoms with Crippen LogP contribution in [0.1, 0.15) is 0 Å². The van der Waals surface area contributed by atoms with E-state index in [4.69, 9.17) is 27.7 Å². The molecule has 0 unspecified atom stereocenters. The van der Waals surface area contributed by atoms with Crippen molar-refractivity contribution >= 4 is 55.8 Å². The Balaban J connectivity index is 2.35. The average Bonchev–Trinajstić information content (AvgIpc) is 2.47. The average molecular weight is 417 g/mol. The van der Waals surface area contributed by atoms with Crippen LogP contribution in [0.4, 0.5) is 5.69 Å². The van der Waals surface area contributed by atoms with Gasteiger partial charge in [-0.2, -0.15) is 4.52 Å². The molecule has 0 aliphatic rings. The van der Waals surface area contributed by atoms with Gasteiger partial charge in [-0.05, 0) is 28.1 Å². The first-order chi connectivity index (χ1) is 10.9. The molecule has 0 aliphatic heterocycles. The first-order valence-electron chi connectivity index (χ1n) is 6.17. The van der Waals surface area contributed by atoms with Crippen LogP contribution in [0.15, 0.2) is 45.4 Å². The van der Waals surface area contributed by atoms with Gasteiger partial charge in [-0.1, -0.05) is 29.3 Å². The molecule has 6 nitrogen and oxygen atoms in total. The van der Waals surface area contributed by atoms with Gasteiger partial charge in [0.2, 0.25) is 5.58 Å². The summed E-state index contributed by atoms with van der Waals surface area (Å²) in [5.74, 6) is 0. The summed E-state index contributed by atoms with van der Waals surface area (Å²) in [4.78, 5) is 22.5. The number of hydrogen-bond acceptors (Lipinski definition) is 4. The van der Waals surface area contributed by atoms with E-state index in [2.05, 4.69) is 15.9 Å².